The lowest BCUT2D eigenvalue weighted by Gasteiger charge is -2.22. The van der Waals surface area contributed by atoms with Crippen molar-refractivity contribution in [3.05, 3.63) is 30.3 Å². The molecule has 0 spiro atoms. The van der Waals surface area contributed by atoms with Crippen molar-refractivity contribution >= 4 is 8.32 Å². The van der Waals surface area contributed by atoms with Crippen LogP contribution in [0.15, 0.2) is 30.3 Å². The number of ether oxygens (including phenoxy) is 1. The summed E-state index contributed by atoms with van der Waals surface area (Å²) in [5, 5.41) is 9.12. The van der Waals surface area contributed by atoms with Gasteiger partial charge in [-0.3, -0.25) is 0 Å². The molecule has 0 amide bonds. The molecule has 1 rings (SSSR count). The highest BCUT2D eigenvalue weighted by Gasteiger charge is 2.28. The Morgan fingerprint density at radius 2 is 1.93 bits per heavy atom. The third-order valence-electron chi connectivity index (χ3n) is 2.11. The third-order valence-corrected chi connectivity index (χ3v) is 4.52. The zero-order valence-corrected chi connectivity index (χ0v) is 9.56. The molecule has 1 unspecified atom stereocenters. The molecular formula is C10H16O3Si. The topological polar surface area (TPSA) is 38.7 Å². The molecule has 0 bridgehead atoms. The highest BCUT2D eigenvalue weighted by atomic mass is 28.4. The fourth-order valence-electron chi connectivity index (χ4n) is 0.922. The second-order valence-electron chi connectivity index (χ2n) is 3.41. The van der Waals surface area contributed by atoms with Gasteiger partial charge in [0.15, 0.2) is 0 Å². The van der Waals surface area contributed by atoms with E-state index in [9.17, 15) is 0 Å². The molecule has 1 aromatic rings. The molecule has 0 saturated heterocycles. The average Bonchev–Trinajstić information content (AvgIpc) is 2.27. The van der Waals surface area contributed by atoms with Crippen molar-refractivity contribution in [2.24, 2.45) is 0 Å². The molecule has 0 aliphatic carbocycles. The van der Waals surface area contributed by atoms with Crippen LogP contribution in [-0.2, 0) is 4.43 Å². The summed E-state index contributed by atoms with van der Waals surface area (Å²) in [5.74, 6) is 0.816. The molecule has 0 aliphatic heterocycles. The fraction of sp³-hybridized carbons (Fsp3) is 0.400. The summed E-state index contributed by atoms with van der Waals surface area (Å²) >= 11 is 0. The molecular weight excluding hydrogens is 196 g/mol. The minimum atomic E-state index is -2.05. The molecule has 3 nitrogen and oxygen atoms in total. The minimum Gasteiger partial charge on any atom is -0.494 e. The predicted octanol–water partition coefficient (Wildman–Crippen LogP) is 1.36. The van der Waals surface area contributed by atoms with Gasteiger partial charge in [0, 0.05) is 7.11 Å². The zero-order chi connectivity index (χ0) is 10.4. The van der Waals surface area contributed by atoms with Crippen LogP contribution in [0.1, 0.15) is 0 Å². The zero-order valence-electron chi connectivity index (χ0n) is 8.56. The largest absolute Gasteiger partial charge is 0.494 e. The van der Waals surface area contributed by atoms with E-state index in [2.05, 4.69) is 0 Å². The molecule has 1 aromatic carbocycles. The first-order valence-corrected chi connectivity index (χ1v) is 7.36. The fourth-order valence-corrected chi connectivity index (χ4v) is 1.73. The van der Waals surface area contributed by atoms with Gasteiger partial charge in [0.25, 0.3) is 8.32 Å². The Kier molecular flexibility index (Phi) is 4.12. The Hall–Kier alpha value is -0.843. The second-order valence-corrected chi connectivity index (χ2v) is 7.33. The Morgan fingerprint density at radius 1 is 1.29 bits per heavy atom. The van der Waals surface area contributed by atoms with E-state index in [1.54, 1.807) is 7.11 Å². The number of para-hydroxylation sites is 1. The molecule has 0 radical (unpaired) electrons. The predicted molar refractivity (Wildman–Crippen MR) is 57.6 cm³/mol. The maximum absolute atomic E-state index is 9.12. The van der Waals surface area contributed by atoms with Gasteiger partial charge in [0.2, 0.25) is 0 Å². The number of hydrogen-bond donors (Lipinski definition) is 1. The first kappa shape index (κ1) is 11.2. The van der Waals surface area contributed by atoms with Gasteiger partial charge in [-0.05, 0) is 18.7 Å². The maximum atomic E-state index is 9.12. The van der Waals surface area contributed by atoms with E-state index >= 15 is 0 Å². The monoisotopic (exact) mass is 212 g/mol. The van der Waals surface area contributed by atoms with E-state index in [0.717, 1.165) is 5.75 Å². The van der Waals surface area contributed by atoms with E-state index in [-0.39, 0.29) is 6.23 Å². The van der Waals surface area contributed by atoms with Crippen molar-refractivity contribution in [2.75, 3.05) is 19.6 Å². The molecule has 0 heterocycles. The lowest BCUT2D eigenvalue weighted by Crippen LogP contribution is -2.45. The summed E-state index contributed by atoms with van der Waals surface area (Å²) in [4.78, 5) is 0. The SMILES string of the molecule is CO[Si](C)(CO)COc1ccccc1. The first-order valence-electron chi connectivity index (χ1n) is 4.54. The molecule has 0 aromatic heterocycles. The molecule has 1 atom stereocenters. The average molecular weight is 212 g/mol. The summed E-state index contributed by atoms with van der Waals surface area (Å²) in [6.07, 6.45) is 0.556. The molecule has 14 heavy (non-hydrogen) atoms. The van der Waals surface area contributed by atoms with E-state index in [0.29, 0.717) is 6.23 Å². The number of aliphatic hydroxyl groups is 1. The van der Waals surface area contributed by atoms with Crippen LogP contribution in [0.3, 0.4) is 0 Å². The van der Waals surface area contributed by atoms with Crippen LogP contribution in [0.2, 0.25) is 6.55 Å². The highest BCUT2D eigenvalue weighted by Crippen LogP contribution is 2.11. The standard InChI is InChI=1S/C10H16O3Si/c1-12-14(2,8-11)9-13-10-6-4-3-5-7-10/h3-7,11H,8-9H2,1-2H3. The number of hydrogen-bond acceptors (Lipinski definition) is 3. The summed E-state index contributed by atoms with van der Waals surface area (Å²) < 4.78 is 10.8. The van der Waals surface area contributed by atoms with Crippen LogP contribution in [0.4, 0.5) is 0 Å². The smallest absolute Gasteiger partial charge is 0.251 e. The highest BCUT2D eigenvalue weighted by molar-refractivity contribution is 6.72. The maximum Gasteiger partial charge on any atom is 0.251 e. The van der Waals surface area contributed by atoms with Crippen LogP contribution < -0.4 is 4.74 Å². The third kappa shape index (κ3) is 3.14. The first-order chi connectivity index (χ1) is 6.70. The molecule has 4 heteroatoms. The van der Waals surface area contributed by atoms with Crippen molar-refractivity contribution in [3.63, 3.8) is 0 Å². The van der Waals surface area contributed by atoms with E-state index in [1.165, 1.54) is 0 Å². The molecule has 0 aliphatic rings. The normalized spacial score (nSPS) is 14.8. The van der Waals surface area contributed by atoms with Crippen molar-refractivity contribution in [1.29, 1.82) is 0 Å². The lowest BCUT2D eigenvalue weighted by molar-refractivity contribution is 0.266. The van der Waals surface area contributed by atoms with Gasteiger partial charge in [0.05, 0.1) is 6.23 Å². The minimum absolute atomic E-state index is 0.0797. The number of benzene rings is 1. The summed E-state index contributed by atoms with van der Waals surface area (Å²) in [7, 11) is -0.425. The van der Waals surface area contributed by atoms with E-state index in [4.69, 9.17) is 14.3 Å². The molecule has 78 valence electrons. The number of rotatable bonds is 5. The Morgan fingerprint density at radius 3 is 2.43 bits per heavy atom. The lowest BCUT2D eigenvalue weighted by atomic mass is 10.3. The Balaban J connectivity index is 2.48. The van der Waals surface area contributed by atoms with Gasteiger partial charge >= 0.3 is 0 Å². The van der Waals surface area contributed by atoms with Crippen LogP contribution in [0.5, 0.6) is 5.75 Å². The second kappa shape index (κ2) is 5.14. The van der Waals surface area contributed by atoms with Gasteiger partial charge in [-0.25, -0.2) is 0 Å². The Bertz CT molecular complexity index is 259. The van der Waals surface area contributed by atoms with Gasteiger partial charge in [-0.15, -0.1) is 0 Å². The van der Waals surface area contributed by atoms with Crippen molar-refractivity contribution < 1.29 is 14.3 Å². The van der Waals surface area contributed by atoms with Gasteiger partial charge in [-0.2, -0.15) is 0 Å². The molecule has 0 saturated carbocycles. The van der Waals surface area contributed by atoms with E-state index in [1.807, 2.05) is 36.9 Å². The van der Waals surface area contributed by atoms with Crippen LogP contribution in [0, 0.1) is 0 Å². The molecule has 1 N–H and O–H groups in total. The van der Waals surface area contributed by atoms with Gasteiger partial charge < -0.3 is 14.3 Å². The van der Waals surface area contributed by atoms with Crippen LogP contribution in [-0.4, -0.2) is 33.0 Å². The van der Waals surface area contributed by atoms with Gasteiger partial charge in [-0.1, -0.05) is 18.2 Å². The summed E-state index contributed by atoms with van der Waals surface area (Å²) in [6.45, 7) is 1.94. The van der Waals surface area contributed by atoms with Crippen molar-refractivity contribution in [3.8, 4) is 5.75 Å². The molecule has 0 fully saturated rings. The van der Waals surface area contributed by atoms with Crippen LogP contribution in [0.25, 0.3) is 0 Å². The summed E-state index contributed by atoms with van der Waals surface area (Å²) in [6, 6.07) is 9.55. The summed E-state index contributed by atoms with van der Waals surface area (Å²) in [5.41, 5.74) is 0. The van der Waals surface area contributed by atoms with Crippen molar-refractivity contribution in [1.82, 2.24) is 0 Å². The Labute approximate surface area is 85.4 Å². The number of aliphatic hydroxyl groups excluding tert-OH is 1. The van der Waals surface area contributed by atoms with Gasteiger partial charge in [0.1, 0.15) is 12.0 Å². The van der Waals surface area contributed by atoms with E-state index < -0.39 is 8.32 Å². The van der Waals surface area contributed by atoms with Crippen LogP contribution >= 0.6 is 0 Å². The quantitative estimate of drug-likeness (QED) is 0.749. The van der Waals surface area contributed by atoms with Crippen molar-refractivity contribution in [2.45, 2.75) is 6.55 Å².